The van der Waals surface area contributed by atoms with Gasteiger partial charge in [-0.2, -0.15) is 11.3 Å². The Morgan fingerprint density at radius 1 is 1.32 bits per heavy atom. The largest absolute Gasteiger partial charge is 0.464 e. The third-order valence-electron chi connectivity index (χ3n) is 3.87. The van der Waals surface area contributed by atoms with E-state index in [0.29, 0.717) is 13.2 Å². The molecule has 4 nitrogen and oxygen atoms in total. The van der Waals surface area contributed by atoms with E-state index in [1.54, 1.807) is 11.3 Å². The molecule has 1 unspecified atom stereocenters. The van der Waals surface area contributed by atoms with Crippen LogP contribution in [-0.2, 0) is 25.4 Å². The van der Waals surface area contributed by atoms with Gasteiger partial charge >= 0.3 is 5.97 Å². The van der Waals surface area contributed by atoms with Crippen molar-refractivity contribution in [3.05, 3.63) is 22.4 Å². The van der Waals surface area contributed by atoms with Gasteiger partial charge in [-0.1, -0.05) is 12.8 Å². The maximum absolute atomic E-state index is 11.7. The van der Waals surface area contributed by atoms with Crippen molar-refractivity contribution >= 4 is 17.3 Å². The zero-order valence-corrected chi connectivity index (χ0v) is 14.2. The molecule has 1 aliphatic heterocycles. The van der Waals surface area contributed by atoms with Crippen LogP contribution in [0.3, 0.4) is 0 Å². The number of esters is 1. The predicted octanol–water partition coefficient (Wildman–Crippen LogP) is 3.59. The number of thiophene rings is 1. The lowest BCUT2D eigenvalue weighted by Crippen LogP contribution is -2.27. The molecule has 0 bridgehead atoms. The minimum absolute atomic E-state index is 0.188. The molecule has 1 fully saturated rings. The third-order valence-corrected chi connectivity index (χ3v) is 4.61. The van der Waals surface area contributed by atoms with E-state index in [-0.39, 0.29) is 5.97 Å². The minimum Gasteiger partial charge on any atom is -0.464 e. The number of carbonyl (C=O) groups is 1. The fourth-order valence-corrected chi connectivity index (χ4v) is 3.11. The Balaban J connectivity index is 1.41. The summed E-state index contributed by atoms with van der Waals surface area (Å²) in [4.78, 5) is 11.7. The lowest BCUT2D eigenvalue weighted by Gasteiger charge is -2.10. The first kappa shape index (κ1) is 17.4. The van der Waals surface area contributed by atoms with Gasteiger partial charge in [0.25, 0.3) is 0 Å². The number of epoxide rings is 1. The highest BCUT2D eigenvalue weighted by Crippen LogP contribution is 2.34. The second-order valence-electron chi connectivity index (χ2n) is 5.66. The zero-order valence-electron chi connectivity index (χ0n) is 13.3. The molecule has 1 saturated heterocycles. The second kappa shape index (κ2) is 9.28. The molecule has 0 N–H and O–H groups in total. The monoisotopic (exact) mass is 326 g/mol. The summed E-state index contributed by atoms with van der Waals surface area (Å²) in [5.41, 5.74) is 0.756. The van der Waals surface area contributed by atoms with Crippen LogP contribution >= 0.6 is 11.3 Å². The summed E-state index contributed by atoms with van der Waals surface area (Å²) in [6, 6.07) is 2.15. The van der Waals surface area contributed by atoms with Crippen molar-refractivity contribution in [3.8, 4) is 0 Å². The van der Waals surface area contributed by atoms with Crippen LogP contribution in [0.1, 0.15) is 44.6 Å². The number of carbonyl (C=O) groups excluding carboxylic acids is 1. The summed E-state index contributed by atoms with van der Waals surface area (Å²) < 4.78 is 16.0. The van der Waals surface area contributed by atoms with E-state index < -0.39 is 5.60 Å². The van der Waals surface area contributed by atoms with Crippen LogP contribution in [0.4, 0.5) is 0 Å². The van der Waals surface area contributed by atoms with Crippen LogP contribution in [0.2, 0.25) is 0 Å². The lowest BCUT2D eigenvalue weighted by molar-refractivity contribution is -0.149. The number of unbranched alkanes of at least 4 members (excludes halogenated alkanes) is 3. The summed E-state index contributed by atoms with van der Waals surface area (Å²) in [7, 11) is 0. The number of rotatable bonds is 12. The van der Waals surface area contributed by atoms with Crippen LogP contribution < -0.4 is 0 Å². The molecule has 0 aliphatic carbocycles. The van der Waals surface area contributed by atoms with Crippen LogP contribution in [0.15, 0.2) is 16.8 Å². The highest BCUT2D eigenvalue weighted by atomic mass is 32.1. The summed E-state index contributed by atoms with van der Waals surface area (Å²) in [5.74, 6) is -0.188. The Labute approximate surface area is 136 Å². The number of hydrogen-bond donors (Lipinski definition) is 0. The molecule has 124 valence electrons. The Bertz CT molecular complexity index is 426. The molecule has 0 aromatic carbocycles. The van der Waals surface area contributed by atoms with Crippen molar-refractivity contribution in [2.24, 2.45) is 0 Å². The number of ether oxygens (including phenoxy) is 3. The average Bonchev–Trinajstić information content (AvgIpc) is 3.13. The molecule has 0 amide bonds. The van der Waals surface area contributed by atoms with E-state index in [9.17, 15) is 4.79 Å². The lowest BCUT2D eigenvalue weighted by atomic mass is 10.0. The van der Waals surface area contributed by atoms with Crippen molar-refractivity contribution in [1.29, 1.82) is 0 Å². The zero-order chi connectivity index (χ0) is 15.7. The van der Waals surface area contributed by atoms with Gasteiger partial charge in [-0.05, 0) is 55.0 Å². The van der Waals surface area contributed by atoms with Crippen molar-refractivity contribution < 1.29 is 19.0 Å². The van der Waals surface area contributed by atoms with Crippen LogP contribution in [0, 0.1) is 0 Å². The number of hydrogen-bond acceptors (Lipinski definition) is 5. The van der Waals surface area contributed by atoms with Crippen molar-refractivity contribution in [1.82, 2.24) is 0 Å². The van der Waals surface area contributed by atoms with Gasteiger partial charge in [-0.25, -0.2) is 4.79 Å². The minimum atomic E-state index is -0.604. The molecule has 0 spiro atoms. The smallest absolute Gasteiger partial charge is 0.340 e. The summed E-state index contributed by atoms with van der Waals surface area (Å²) >= 11 is 1.73. The molecule has 0 radical (unpaired) electrons. The SMILES string of the molecule is CCOC(=O)C1(CCCCCCOCCc2ccsc2)CO1. The normalized spacial score (nSPS) is 20.0. The standard InChI is InChI=1S/C17H26O4S/c1-2-20-16(18)17(14-21-17)9-5-3-4-6-10-19-11-7-15-8-12-22-13-15/h8,12-13H,2-7,9-11,14H2,1H3. The van der Waals surface area contributed by atoms with Gasteiger partial charge < -0.3 is 14.2 Å². The second-order valence-corrected chi connectivity index (χ2v) is 6.44. The summed E-state index contributed by atoms with van der Waals surface area (Å²) in [6.07, 6.45) is 6.12. The van der Waals surface area contributed by atoms with Gasteiger partial charge in [0.15, 0.2) is 5.60 Å². The van der Waals surface area contributed by atoms with E-state index in [0.717, 1.165) is 51.7 Å². The molecule has 0 saturated carbocycles. The first-order valence-electron chi connectivity index (χ1n) is 8.17. The Hall–Kier alpha value is -0.910. The highest BCUT2D eigenvalue weighted by Gasteiger charge is 2.52. The Morgan fingerprint density at radius 2 is 2.14 bits per heavy atom. The molecule has 1 aromatic rings. The van der Waals surface area contributed by atoms with Gasteiger partial charge in [-0.15, -0.1) is 0 Å². The van der Waals surface area contributed by atoms with Gasteiger partial charge in [0.05, 0.1) is 19.8 Å². The van der Waals surface area contributed by atoms with Crippen LogP contribution in [0.25, 0.3) is 0 Å². The molecule has 2 heterocycles. The van der Waals surface area contributed by atoms with Gasteiger partial charge in [0, 0.05) is 6.61 Å². The fourth-order valence-electron chi connectivity index (χ4n) is 2.41. The van der Waals surface area contributed by atoms with Crippen LogP contribution in [0.5, 0.6) is 0 Å². The summed E-state index contributed by atoms with van der Waals surface area (Å²) in [5, 5.41) is 4.27. The molecule has 1 aromatic heterocycles. The topological polar surface area (TPSA) is 48.1 Å². The van der Waals surface area contributed by atoms with Gasteiger partial charge in [0.2, 0.25) is 0 Å². The van der Waals surface area contributed by atoms with Gasteiger partial charge in [0.1, 0.15) is 0 Å². The van der Waals surface area contributed by atoms with Crippen molar-refractivity contribution in [2.75, 3.05) is 26.4 Å². The Morgan fingerprint density at radius 3 is 2.82 bits per heavy atom. The first-order valence-corrected chi connectivity index (χ1v) is 9.11. The first-order chi connectivity index (χ1) is 10.8. The van der Waals surface area contributed by atoms with E-state index in [2.05, 4.69) is 16.8 Å². The molecule has 1 atom stereocenters. The molecular formula is C17H26O4S. The fraction of sp³-hybridized carbons (Fsp3) is 0.706. The van der Waals surface area contributed by atoms with E-state index in [1.165, 1.54) is 5.56 Å². The van der Waals surface area contributed by atoms with Crippen molar-refractivity contribution in [3.63, 3.8) is 0 Å². The van der Waals surface area contributed by atoms with Gasteiger partial charge in [-0.3, -0.25) is 0 Å². The molecule has 5 heteroatoms. The summed E-state index contributed by atoms with van der Waals surface area (Å²) in [6.45, 7) is 4.40. The third kappa shape index (κ3) is 5.71. The Kier molecular flexibility index (Phi) is 7.36. The van der Waals surface area contributed by atoms with Crippen LogP contribution in [-0.4, -0.2) is 38.0 Å². The highest BCUT2D eigenvalue weighted by molar-refractivity contribution is 7.07. The molecule has 2 rings (SSSR count). The quantitative estimate of drug-likeness (QED) is 0.334. The average molecular weight is 326 g/mol. The van der Waals surface area contributed by atoms with E-state index in [1.807, 2.05) is 6.92 Å². The van der Waals surface area contributed by atoms with E-state index in [4.69, 9.17) is 14.2 Å². The maximum Gasteiger partial charge on any atom is 0.340 e. The molecule has 22 heavy (non-hydrogen) atoms. The van der Waals surface area contributed by atoms with Crippen molar-refractivity contribution in [2.45, 2.75) is 51.0 Å². The predicted molar refractivity (Wildman–Crippen MR) is 87.2 cm³/mol. The molecular weight excluding hydrogens is 300 g/mol. The molecule has 1 aliphatic rings. The maximum atomic E-state index is 11.7. The van der Waals surface area contributed by atoms with E-state index >= 15 is 0 Å².